The highest BCUT2D eigenvalue weighted by Gasteiger charge is 2.41. The van der Waals surface area contributed by atoms with Crippen molar-refractivity contribution in [3.8, 4) is 11.4 Å². The second-order valence-corrected chi connectivity index (χ2v) is 12.9. The number of benzene rings is 1. The van der Waals surface area contributed by atoms with E-state index in [2.05, 4.69) is 20.6 Å². The normalized spacial score (nSPS) is 29.8. The summed E-state index contributed by atoms with van der Waals surface area (Å²) in [6.07, 6.45) is 9.16. The Bertz CT molecular complexity index is 1140. The van der Waals surface area contributed by atoms with Gasteiger partial charge in [0.25, 0.3) is 0 Å². The van der Waals surface area contributed by atoms with Crippen molar-refractivity contribution in [3.63, 3.8) is 0 Å². The molecule has 0 amide bonds. The van der Waals surface area contributed by atoms with Gasteiger partial charge in [0.15, 0.2) is 9.84 Å². The highest BCUT2D eigenvalue weighted by Crippen LogP contribution is 2.49. The Hall–Kier alpha value is -1.97. The first-order valence-electron chi connectivity index (χ1n) is 12.8. The average Bonchev–Trinajstić information content (AvgIpc) is 3.49. The van der Waals surface area contributed by atoms with E-state index < -0.39 is 26.5 Å². The van der Waals surface area contributed by atoms with Crippen LogP contribution >= 0.6 is 0 Å². The van der Waals surface area contributed by atoms with Crippen molar-refractivity contribution in [1.29, 1.82) is 0 Å². The third-order valence-electron chi connectivity index (χ3n) is 8.79. The number of nitrogens with one attached hydrogen (secondary N) is 1. The number of rotatable bonds is 5. The molecule has 0 radical (unpaired) electrons. The van der Waals surface area contributed by atoms with Crippen molar-refractivity contribution in [2.75, 3.05) is 6.26 Å². The molecule has 3 fully saturated rings. The Labute approximate surface area is 204 Å². The number of sulfone groups is 1. The largest absolute Gasteiger partial charge is 0.417 e. The summed E-state index contributed by atoms with van der Waals surface area (Å²) >= 11 is 0. The lowest BCUT2D eigenvalue weighted by atomic mass is 9.69. The zero-order valence-corrected chi connectivity index (χ0v) is 20.8. The number of tetrazole rings is 1. The zero-order chi connectivity index (χ0) is 24.8. The van der Waals surface area contributed by atoms with Crippen LogP contribution in [0.5, 0.6) is 0 Å². The Morgan fingerprint density at radius 2 is 1.69 bits per heavy atom. The second-order valence-electron chi connectivity index (χ2n) is 11.0. The molecule has 1 unspecified atom stereocenters. The van der Waals surface area contributed by atoms with E-state index in [4.69, 9.17) is 0 Å². The van der Waals surface area contributed by atoms with Crippen molar-refractivity contribution in [2.24, 2.45) is 23.7 Å². The molecule has 3 aliphatic rings. The van der Waals surface area contributed by atoms with Gasteiger partial charge in [-0.25, -0.2) is 8.42 Å². The molecule has 35 heavy (non-hydrogen) atoms. The number of hydrogen-bond acceptors (Lipinski definition) is 5. The highest BCUT2D eigenvalue weighted by atomic mass is 32.2. The maximum absolute atomic E-state index is 13.8. The molecule has 1 heterocycles. The summed E-state index contributed by atoms with van der Waals surface area (Å²) in [6.45, 7) is 0. The summed E-state index contributed by atoms with van der Waals surface area (Å²) in [4.78, 5) is -0.751. The van der Waals surface area contributed by atoms with E-state index in [9.17, 15) is 21.6 Å². The monoisotopic (exact) mass is 510 g/mol. The summed E-state index contributed by atoms with van der Waals surface area (Å²) in [5.41, 5.74) is -0.663. The fraction of sp³-hybridized carbons (Fsp3) is 0.720. The topological polar surface area (TPSA) is 88.6 Å². The van der Waals surface area contributed by atoms with Crippen LogP contribution in [0.4, 0.5) is 13.2 Å². The molecule has 0 aliphatic heterocycles. The molecule has 6 nitrogen and oxygen atoms in total. The molecule has 0 spiro atoms. The number of aromatic amines is 1. The van der Waals surface area contributed by atoms with Gasteiger partial charge < -0.3 is 0 Å². The zero-order valence-electron chi connectivity index (χ0n) is 20.0. The lowest BCUT2D eigenvalue weighted by Crippen LogP contribution is -2.24. The number of fused-ring (bicyclic) bond motifs is 1. The summed E-state index contributed by atoms with van der Waals surface area (Å²) in [5.74, 6) is 3.16. The van der Waals surface area contributed by atoms with Gasteiger partial charge in [0, 0.05) is 11.8 Å². The predicted molar refractivity (Wildman–Crippen MR) is 125 cm³/mol. The van der Waals surface area contributed by atoms with E-state index >= 15 is 0 Å². The number of alkyl halides is 3. The summed E-state index contributed by atoms with van der Waals surface area (Å²) in [7, 11) is -4.21. The van der Waals surface area contributed by atoms with Crippen molar-refractivity contribution in [1.82, 2.24) is 20.6 Å². The summed E-state index contributed by atoms with van der Waals surface area (Å²) < 4.78 is 66.6. The maximum Gasteiger partial charge on any atom is 0.417 e. The van der Waals surface area contributed by atoms with Crippen molar-refractivity contribution < 1.29 is 21.6 Å². The molecule has 3 atom stereocenters. The van der Waals surface area contributed by atoms with E-state index in [1.807, 2.05) is 0 Å². The van der Waals surface area contributed by atoms with Crippen LogP contribution in [0.15, 0.2) is 17.0 Å². The van der Waals surface area contributed by atoms with Gasteiger partial charge in [-0.1, -0.05) is 31.7 Å². The van der Waals surface area contributed by atoms with Crippen LogP contribution in [-0.2, 0) is 16.0 Å². The lowest BCUT2D eigenvalue weighted by molar-refractivity contribution is -0.139. The first-order chi connectivity index (χ1) is 16.6. The molecule has 3 aliphatic carbocycles. The molecule has 0 saturated heterocycles. The van der Waals surface area contributed by atoms with Crippen LogP contribution in [0.1, 0.15) is 87.7 Å². The molecular weight excluding hydrogens is 477 g/mol. The molecule has 192 valence electrons. The van der Waals surface area contributed by atoms with Gasteiger partial charge in [-0.2, -0.15) is 18.4 Å². The highest BCUT2D eigenvalue weighted by molar-refractivity contribution is 7.91. The number of H-pyrrole nitrogens is 1. The van der Waals surface area contributed by atoms with Crippen molar-refractivity contribution >= 4 is 9.84 Å². The van der Waals surface area contributed by atoms with Gasteiger partial charge in [-0.15, -0.1) is 10.2 Å². The Kier molecular flexibility index (Phi) is 6.70. The summed E-state index contributed by atoms with van der Waals surface area (Å²) in [6, 6.07) is 2.33. The number of halogens is 3. The third kappa shape index (κ3) is 5.13. The summed E-state index contributed by atoms with van der Waals surface area (Å²) in [5, 5.41) is 13.5. The SMILES string of the molecule is CS(=O)(=O)c1c(C(F)(F)F)ccc(C2CCC(CC3CC[C@H]4CCC[C@H]4C3)CC2)c1-c1nn[nH]n1. The quantitative estimate of drug-likeness (QED) is 0.520. The minimum atomic E-state index is -4.81. The Balaban J connectivity index is 1.38. The molecule has 1 aromatic carbocycles. The fourth-order valence-electron chi connectivity index (χ4n) is 7.24. The Morgan fingerprint density at radius 1 is 0.971 bits per heavy atom. The average molecular weight is 511 g/mol. The van der Waals surface area contributed by atoms with Crippen LogP contribution in [0, 0.1) is 23.7 Å². The fourth-order valence-corrected chi connectivity index (χ4v) is 8.40. The predicted octanol–water partition coefficient (Wildman–Crippen LogP) is 6.17. The lowest BCUT2D eigenvalue weighted by Gasteiger charge is -2.36. The molecule has 10 heteroatoms. The van der Waals surface area contributed by atoms with E-state index in [0.29, 0.717) is 11.5 Å². The van der Waals surface area contributed by atoms with E-state index in [1.165, 1.54) is 51.0 Å². The van der Waals surface area contributed by atoms with Crippen molar-refractivity contribution in [3.05, 3.63) is 23.3 Å². The minimum absolute atomic E-state index is 0.0342. The van der Waals surface area contributed by atoms with Gasteiger partial charge in [-0.05, 0) is 91.4 Å². The van der Waals surface area contributed by atoms with Crippen LogP contribution in [0.2, 0.25) is 0 Å². The van der Waals surface area contributed by atoms with Gasteiger partial charge in [0.1, 0.15) is 0 Å². The first kappa shape index (κ1) is 24.7. The third-order valence-corrected chi connectivity index (χ3v) is 9.95. The number of aromatic nitrogens is 4. The molecule has 0 bridgehead atoms. The molecule has 2 aromatic rings. The number of hydrogen-bond donors (Lipinski definition) is 1. The van der Waals surface area contributed by atoms with Gasteiger partial charge in [-0.3, -0.25) is 0 Å². The maximum atomic E-state index is 13.8. The van der Waals surface area contributed by atoms with Crippen LogP contribution in [0.3, 0.4) is 0 Å². The number of nitrogens with zero attached hydrogens (tertiary/aromatic N) is 3. The van der Waals surface area contributed by atoms with E-state index in [0.717, 1.165) is 55.8 Å². The van der Waals surface area contributed by atoms with Gasteiger partial charge >= 0.3 is 6.18 Å². The van der Waals surface area contributed by atoms with Gasteiger partial charge in [0.2, 0.25) is 5.82 Å². The van der Waals surface area contributed by atoms with Gasteiger partial charge in [0.05, 0.1) is 10.5 Å². The van der Waals surface area contributed by atoms with Crippen molar-refractivity contribution in [2.45, 2.75) is 87.6 Å². The standard InChI is InChI=1S/C25H33F3N4O2S/c1-35(33,34)23-21(25(26,27)28)12-11-20(22(23)24-29-31-32-30-24)18-9-5-15(6-10-18)13-16-7-8-17-3-2-4-19(17)14-16/h11-12,15-19H,2-10,13-14H2,1H3,(H,29,30,31,32)/t15?,16?,17-,18?,19+/m1/s1. The minimum Gasteiger partial charge on any atom is -0.224 e. The molecule has 1 N–H and O–H groups in total. The van der Waals surface area contributed by atoms with E-state index in [-0.39, 0.29) is 17.3 Å². The molecule has 1 aromatic heterocycles. The molecule has 5 rings (SSSR count). The second kappa shape index (κ2) is 9.48. The van der Waals surface area contributed by atoms with Crippen LogP contribution in [-0.4, -0.2) is 35.3 Å². The van der Waals surface area contributed by atoms with Crippen LogP contribution in [0.25, 0.3) is 11.4 Å². The first-order valence-corrected chi connectivity index (χ1v) is 14.7. The Morgan fingerprint density at radius 3 is 2.34 bits per heavy atom. The smallest absolute Gasteiger partial charge is 0.224 e. The molecular formula is C25H33F3N4O2S. The van der Waals surface area contributed by atoms with E-state index in [1.54, 1.807) is 0 Å². The van der Waals surface area contributed by atoms with Crippen LogP contribution < -0.4 is 0 Å². The molecule has 3 saturated carbocycles.